The fraction of sp³-hybridized carbons (Fsp3) is 0.478. The Morgan fingerprint density at radius 1 is 1.26 bits per heavy atom. The number of benzene rings is 1. The Morgan fingerprint density at radius 3 is 2.44 bits per heavy atom. The average Bonchev–Trinajstić information content (AvgIpc) is 3.52. The van der Waals surface area contributed by atoms with Crippen LogP contribution in [-0.4, -0.2) is 58.2 Å². The molecule has 2 N–H and O–H groups in total. The Morgan fingerprint density at radius 2 is 1.91 bits per heavy atom. The zero-order chi connectivity index (χ0) is 25.0. The lowest BCUT2D eigenvalue weighted by molar-refractivity contribution is -0.139. The Balaban J connectivity index is 1.64. The Kier molecular flexibility index (Phi) is 9.91. The number of alkyl halides is 1. The fourth-order valence-corrected chi connectivity index (χ4v) is 5.95. The second-order valence-corrected chi connectivity index (χ2v) is 12.6. The summed E-state index contributed by atoms with van der Waals surface area (Å²) in [4.78, 5) is 23.8. The summed E-state index contributed by atoms with van der Waals surface area (Å²) in [6, 6.07) is 2.61. The summed E-state index contributed by atoms with van der Waals surface area (Å²) >= 11 is 6.67. The summed E-state index contributed by atoms with van der Waals surface area (Å²) in [5, 5.41) is 12.0. The molecule has 2 aliphatic rings. The number of carbonyl (C=O) groups is 2. The molecule has 0 spiro atoms. The maximum absolute atomic E-state index is 12.1. The van der Waals surface area contributed by atoms with E-state index in [0.29, 0.717) is 12.4 Å². The molecule has 3 rings (SSSR count). The molecule has 186 valence electrons. The molecule has 0 bridgehead atoms. The minimum atomic E-state index is -1.13. The normalized spacial score (nSPS) is 22.5. The molecule has 11 heteroatoms. The van der Waals surface area contributed by atoms with Crippen LogP contribution in [-0.2, 0) is 25.4 Å². The molecule has 1 aromatic rings. The van der Waals surface area contributed by atoms with Crippen molar-refractivity contribution in [2.24, 2.45) is 0 Å². The highest BCUT2D eigenvalue weighted by molar-refractivity contribution is 14.1. The summed E-state index contributed by atoms with van der Waals surface area (Å²) in [6.07, 6.45) is 5.46. The van der Waals surface area contributed by atoms with Gasteiger partial charge in [0.05, 0.1) is 30.4 Å². The van der Waals surface area contributed by atoms with Crippen LogP contribution in [0.25, 0.3) is 0 Å². The quantitative estimate of drug-likeness (QED) is 0.209. The van der Waals surface area contributed by atoms with Crippen molar-refractivity contribution in [3.05, 3.63) is 48.8 Å². The first-order valence-electron chi connectivity index (χ1n) is 10.6. The van der Waals surface area contributed by atoms with Crippen molar-refractivity contribution < 1.29 is 33.6 Å². The molecule has 1 saturated heterocycles. The van der Waals surface area contributed by atoms with Crippen LogP contribution in [0.1, 0.15) is 26.3 Å². The largest absolute Gasteiger partial charge is 0.480 e. The maximum Gasteiger partial charge on any atom is 0.408 e. The monoisotopic (exact) mass is 809 g/mol. The van der Waals surface area contributed by atoms with Gasteiger partial charge < -0.3 is 29.4 Å². The van der Waals surface area contributed by atoms with Crippen molar-refractivity contribution in [3.63, 3.8) is 0 Å². The van der Waals surface area contributed by atoms with Gasteiger partial charge in [0.15, 0.2) is 5.75 Å². The van der Waals surface area contributed by atoms with E-state index in [1.54, 1.807) is 20.8 Å². The van der Waals surface area contributed by atoms with Gasteiger partial charge in [-0.25, -0.2) is 9.59 Å². The number of hydrogen-bond donors (Lipinski definition) is 2. The van der Waals surface area contributed by atoms with E-state index in [0.717, 1.165) is 25.1 Å². The molecule has 1 aliphatic heterocycles. The summed E-state index contributed by atoms with van der Waals surface area (Å²) in [5.41, 5.74) is 0.0497. The lowest BCUT2D eigenvalue weighted by atomic mass is 10.1. The predicted octanol–water partition coefficient (Wildman–Crippen LogP) is 4.84. The number of aliphatic carboxylic acids is 1. The first-order chi connectivity index (χ1) is 15.9. The number of ether oxygens (including phenoxy) is 4. The van der Waals surface area contributed by atoms with Crippen molar-refractivity contribution in [2.45, 2.75) is 55.0 Å². The standard InChI is InChI=1S/C23H26I3NO7/c1-23(2,3)34-22(30)27-18(21(28)29)8-12-6-16(25)20(17(26)7-12)33-13-4-5-19(15(24)9-13)32-11-14-10-31-14/h4-7,9,14-15,18-19H,8,10-11H2,1-3H3,(H,27,30)(H,28,29)/t14?,15?,18-,19?/m0/s1. The minimum absolute atomic E-state index is 0.0249. The highest BCUT2D eigenvalue weighted by Gasteiger charge is 2.28. The highest BCUT2D eigenvalue weighted by atomic mass is 127. The third kappa shape index (κ3) is 8.78. The summed E-state index contributed by atoms with van der Waals surface area (Å²) < 4.78 is 24.2. The van der Waals surface area contributed by atoms with Crippen LogP contribution in [0.3, 0.4) is 0 Å². The zero-order valence-corrected chi connectivity index (χ0v) is 25.3. The number of carbonyl (C=O) groups excluding carboxylic acids is 1. The molecule has 1 amide bonds. The molecule has 0 radical (unpaired) electrons. The van der Waals surface area contributed by atoms with E-state index >= 15 is 0 Å². The van der Waals surface area contributed by atoms with Crippen molar-refractivity contribution in [3.8, 4) is 5.75 Å². The number of carboxylic acid groups (broad SMARTS) is 1. The fourth-order valence-electron chi connectivity index (χ4n) is 3.03. The van der Waals surface area contributed by atoms with Gasteiger partial charge in [0.25, 0.3) is 0 Å². The van der Waals surface area contributed by atoms with E-state index in [9.17, 15) is 14.7 Å². The molecular weight excluding hydrogens is 783 g/mol. The molecule has 1 fully saturated rings. The van der Waals surface area contributed by atoms with Crippen LogP contribution in [0.5, 0.6) is 5.75 Å². The molecule has 1 aliphatic carbocycles. The van der Waals surface area contributed by atoms with Gasteiger partial charge in [-0.05, 0) is 95.8 Å². The van der Waals surface area contributed by atoms with Gasteiger partial charge in [-0.2, -0.15) is 0 Å². The van der Waals surface area contributed by atoms with Gasteiger partial charge >= 0.3 is 12.1 Å². The van der Waals surface area contributed by atoms with Gasteiger partial charge in [0.1, 0.15) is 23.5 Å². The van der Waals surface area contributed by atoms with Gasteiger partial charge in [-0.1, -0.05) is 28.7 Å². The molecule has 0 saturated carbocycles. The van der Waals surface area contributed by atoms with Crippen LogP contribution < -0.4 is 10.1 Å². The number of alkyl carbamates (subject to hydrolysis) is 1. The van der Waals surface area contributed by atoms with Crippen LogP contribution in [0, 0.1) is 7.14 Å². The predicted molar refractivity (Wildman–Crippen MR) is 152 cm³/mol. The van der Waals surface area contributed by atoms with Crippen molar-refractivity contribution >= 4 is 79.8 Å². The van der Waals surface area contributed by atoms with Crippen LogP contribution in [0.15, 0.2) is 36.1 Å². The topological polar surface area (TPSA) is 107 Å². The molecule has 3 unspecified atom stereocenters. The molecule has 8 nitrogen and oxygen atoms in total. The van der Waals surface area contributed by atoms with Crippen LogP contribution in [0.2, 0.25) is 0 Å². The maximum atomic E-state index is 12.1. The molecular formula is C23H26I3NO7. The second kappa shape index (κ2) is 12.1. The number of nitrogens with one attached hydrogen (secondary N) is 1. The van der Waals surface area contributed by atoms with E-state index in [2.05, 4.69) is 73.1 Å². The third-order valence-corrected chi connectivity index (χ3v) is 7.34. The summed E-state index contributed by atoms with van der Waals surface area (Å²) in [7, 11) is 0. The van der Waals surface area contributed by atoms with Gasteiger partial charge in [-0.3, -0.25) is 0 Å². The van der Waals surface area contributed by atoms with Crippen LogP contribution >= 0.6 is 67.8 Å². The molecule has 0 aromatic heterocycles. The van der Waals surface area contributed by atoms with Crippen molar-refractivity contribution in [1.29, 1.82) is 0 Å². The van der Waals surface area contributed by atoms with Crippen LogP contribution in [0.4, 0.5) is 4.79 Å². The summed E-state index contributed by atoms with van der Waals surface area (Å²) in [6.45, 7) is 6.53. The van der Waals surface area contributed by atoms with E-state index in [1.807, 2.05) is 30.4 Å². The number of allylic oxidation sites excluding steroid dienone is 1. The number of carboxylic acids is 1. The second-order valence-electron chi connectivity index (χ2n) is 8.86. The lowest BCUT2D eigenvalue weighted by Gasteiger charge is -2.23. The van der Waals surface area contributed by atoms with Gasteiger partial charge in [0.2, 0.25) is 0 Å². The smallest absolute Gasteiger partial charge is 0.408 e. The first kappa shape index (κ1) is 27.9. The number of epoxide rings is 1. The average molecular weight is 809 g/mol. The number of hydrogen-bond acceptors (Lipinski definition) is 6. The highest BCUT2D eigenvalue weighted by Crippen LogP contribution is 2.33. The third-order valence-electron chi connectivity index (χ3n) is 4.67. The SMILES string of the molecule is CC(C)(C)OC(=O)N[C@@H](Cc1cc(I)c(OC2=CC(I)C(OCC3CO3)C=C2)c(I)c1)C(=O)O. The number of amides is 1. The first-order valence-corrected chi connectivity index (χ1v) is 14.0. The van der Waals surface area contributed by atoms with E-state index in [1.165, 1.54) is 0 Å². The molecule has 34 heavy (non-hydrogen) atoms. The molecule has 4 atom stereocenters. The lowest BCUT2D eigenvalue weighted by Crippen LogP contribution is -2.44. The zero-order valence-electron chi connectivity index (χ0n) is 18.8. The Bertz CT molecular complexity index is 962. The van der Waals surface area contributed by atoms with Crippen molar-refractivity contribution in [2.75, 3.05) is 13.2 Å². The number of rotatable bonds is 9. The molecule has 1 heterocycles. The summed E-state index contributed by atoms with van der Waals surface area (Å²) in [5.74, 6) is 0.287. The molecule has 1 aromatic carbocycles. The Hall–Kier alpha value is -0.650. The Labute approximate surface area is 239 Å². The van der Waals surface area contributed by atoms with Crippen molar-refractivity contribution in [1.82, 2.24) is 5.32 Å². The number of halogens is 3. The van der Waals surface area contributed by atoms with E-state index < -0.39 is 23.7 Å². The van der Waals surface area contributed by atoms with E-state index in [-0.39, 0.29) is 22.6 Å². The van der Waals surface area contributed by atoms with Gasteiger partial charge in [0, 0.05) is 6.42 Å². The van der Waals surface area contributed by atoms with Gasteiger partial charge in [-0.15, -0.1) is 0 Å². The van der Waals surface area contributed by atoms with E-state index in [4.69, 9.17) is 18.9 Å². The minimum Gasteiger partial charge on any atom is -0.480 e.